The summed E-state index contributed by atoms with van der Waals surface area (Å²) >= 11 is 0. The minimum absolute atomic E-state index is 0.0886. The fourth-order valence-electron chi connectivity index (χ4n) is 3.58. The maximum Gasteiger partial charge on any atom is 0.407 e. The second kappa shape index (κ2) is 10.1. The second-order valence-electron chi connectivity index (χ2n) is 6.96. The van der Waals surface area contributed by atoms with Crippen LogP contribution in [0.3, 0.4) is 0 Å². The highest BCUT2D eigenvalue weighted by Crippen LogP contribution is 2.36. The molecular weight excluding hydrogens is 391 g/mol. The summed E-state index contributed by atoms with van der Waals surface area (Å²) in [6, 6.07) is 12.2. The number of benzene rings is 2. The smallest absolute Gasteiger partial charge is 0.407 e. The Balaban J connectivity index is 2.01. The molecule has 2 aromatic rings. The maximum atomic E-state index is 15.0. The summed E-state index contributed by atoms with van der Waals surface area (Å²) in [5.41, 5.74) is 11.1. The Morgan fingerprint density at radius 3 is 2.97 bits per heavy atom. The van der Waals surface area contributed by atoms with Crippen LogP contribution in [0.25, 0.3) is 21.6 Å². The van der Waals surface area contributed by atoms with E-state index in [2.05, 4.69) is 10.0 Å². The maximum absolute atomic E-state index is 15.0. The van der Waals surface area contributed by atoms with Gasteiger partial charge in [-0.2, -0.15) is 0 Å². The first-order chi connectivity index (χ1) is 14.5. The summed E-state index contributed by atoms with van der Waals surface area (Å²) < 4.78 is 26.8. The first kappa shape index (κ1) is 21.6. The quantitative estimate of drug-likeness (QED) is 0.310. The Bertz CT molecular complexity index is 948. The number of halogens is 1. The zero-order valence-corrected chi connectivity index (χ0v) is 16.6. The zero-order valence-electron chi connectivity index (χ0n) is 16.6. The van der Waals surface area contributed by atoms with E-state index in [-0.39, 0.29) is 32.8 Å². The molecule has 0 bridgehead atoms. The number of ether oxygens (including phenoxy) is 2. The highest BCUT2D eigenvalue weighted by molar-refractivity contribution is 5.69. The van der Waals surface area contributed by atoms with Crippen molar-refractivity contribution >= 4 is 6.09 Å². The largest absolute Gasteiger partial charge is 0.465 e. The van der Waals surface area contributed by atoms with E-state index in [0.717, 1.165) is 5.56 Å². The minimum atomic E-state index is -1.05. The van der Waals surface area contributed by atoms with Crippen LogP contribution in [0.4, 0.5) is 9.18 Å². The zero-order chi connectivity index (χ0) is 21.5. The standard InChI is InChI=1S/C21H23FN4O4/c1-14-4-2-5-15(12-14)19-16(6-3-7-17(19)22)20(30-10-8-24-25-23)18-13-26(21(27)28)9-11-29-18/h2-7,12,18,20H,8-11,13H2,1H3,(H,27,28)/t18?,20-/m0/s1. The van der Waals surface area contributed by atoms with Crippen LogP contribution in [0, 0.1) is 12.7 Å². The van der Waals surface area contributed by atoms with E-state index in [1.807, 2.05) is 31.2 Å². The van der Waals surface area contributed by atoms with E-state index < -0.39 is 24.1 Å². The molecule has 1 saturated heterocycles. The molecule has 8 nitrogen and oxygen atoms in total. The average molecular weight is 414 g/mol. The number of carboxylic acid groups (broad SMARTS) is 1. The molecule has 1 amide bonds. The third kappa shape index (κ3) is 5.07. The number of morpholine rings is 1. The third-order valence-electron chi connectivity index (χ3n) is 4.91. The van der Waals surface area contributed by atoms with Crippen molar-refractivity contribution in [2.45, 2.75) is 19.1 Å². The lowest BCUT2D eigenvalue weighted by molar-refractivity contribution is -0.107. The van der Waals surface area contributed by atoms with Gasteiger partial charge in [-0.05, 0) is 29.6 Å². The molecule has 2 atom stereocenters. The molecule has 0 radical (unpaired) electrons. The van der Waals surface area contributed by atoms with Crippen molar-refractivity contribution in [3.63, 3.8) is 0 Å². The van der Waals surface area contributed by atoms with Crippen molar-refractivity contribution in [2.24, 2.45) is 5.11 Å². The first-order valence-electron chi connectivity index (χ1n) is 9.58. The molecule has 3 rings (SSSR count). The molecule has 1 N–H and O–H groups in total. The van der Waals surface area contributed by atoms with E-state index in [9.17, 15) is 14.3 Å². The lowest BCUT2D eigenvalue weighted by atomic mass is 9.92. The summed E-state index contributed by atoms with van der Waals surface area (Å²) in [4.78, 5) is 15.4. The van der Waals surface area contributed by atoms with Crippen molar-refractivity contribution in [3.8, 4) is 11.1 Å². The van der Waals surface area contributed by atoms with Gasteiger partial charge in [0.15, 0.2) is 0 Å². The molecule has 30 heavy (non-hydrogen) atoms. The summed E-state index contributed by atoms with van der Waals surface area (Å²) in [7, 11) is 0. The highest BCUT2D eigenvalue weighted by atomic mass is 19.1. The van der Waals surface area contributed by atoms with Crippen molar-refractivity contribution in [3.05, 3.63) is 69.9 Å². The lowest BCUT2D eigenvalue weighted by Crippen LogP contribution is -2.47. The van der Waals surface area contributed by atoms with Gasteiger partial charge in [-0.1, -0.05) is 47.1 Å². The Hall–Kier alpha value is -3.13. The molecule has 1 fully saturated rings. The van der Waals surface area contributed by atoms with Gasteiger partial charge >= 0.3 is 6.09 Å². The number of rotatable bonds is 7. The van der Waals surface area contributed by atoms with Gasteiger partial charge in [0.1, 0.15) is 18.0 Å². The van der Waals surface area contributed by atoms with Crippen LogP contribution in [0.15, 0.2) is 47.6 Å². The van der Waals surface area contributed by atoms with Crippen LogP contribution >= 0.6 is 0 Å². The van der Waals surface area contributed by atoms with Crippen molar-refractivity contribution in [1.29, 1.82) is 0 Å². The molecule has 0 spiro atoms. The molecule has 1 heterocycles. The number of hydrogen-bond acceptors (Lipinski definition) is 4. The van der Waals surface area contributed by atoms with Crippen molar-refractivity contribution in [2.75, 3.05) is 32.8 Å². The first-order valence-corrected chi connectivity index (χ1v) is 9.58. The second-order valence-corrected chi connectivity index (χ2v) is 6.96. The van der Waals surface area contributed by atoms with Crippen LogP contribution in [0.2, 0.25) is 0 Å². The lowest BCUT2D eigenvalue weighted by Gasteiger charge is -2.36. The van der Waals surface area contributed by atoms with Gasteiger partial charge in [-0.3, -0.25) is 0 Å². The van der Waals surface area contributed by atoms with E-state index in [0.29, 0.717) is 16.7 Å². The van der Waals surface area contributed by atoms with Crippen LogP contribution in [-0.4, -0.2) is 55.1 Å². The van der Waals surface area contributed by atoms with Crippen LogP contribution < -0.4 is 0 Å². The molecule has 2 aromatic carbocycles. The normalized spacial score (nSPS) is 17.3. The Morgan fingerprint density at radius 2 is 2.23 bits per heavy atom. The van der Waals surface area contributed by atoms with Crippen molar-refractivity contribution < 1.29 is 23.8 Å². The number of azide groups is 1. The number of carbonyl (C=O) groups is 1. The van der Waals surface area contributed by atoms with Gasteiger partial charge in [0.05, 0.1) is 19.8 Å². The average Bonchev–Trinajstić information content (AvgIpc) is 2.74. The number of amides is 1. The topological polar surface area (TPSA) is 108 Å². The van der Waals surface area contributed by atoms with Crippen LogP contribution in [-0.2, 0) is 9.47 Å². The predicted molar refractivity (Wildman–Crippen MR) is 109 cm³/mol. The predicted octanol–water partition coefficient (Wildman–Crippen LogP) is 4.55. The molecule has 1 aliphatic rings. The molecule has 0 aromatic heterocycles. The Morgan fingerprint density at radius 1 is 1.43 bits per heavy atom. The molecule has 0 saturated carbocycles. The van der Waals surface area contributed by atoms with Gasteiger partial charge < -0.3 is 19.5 Å². The minimum Gasteiger partial charge on any atom is -0.465 e. The van der Waals surface area contributed by atoms with Gasteiger partial charge in [-0.15, -0.1) is 0 Å². The van der Waals surface area contributed by atoms with Crippen molar-refractivity contribution in [1.82, 2.24) is 4.90 Å². The molecule has 158 valence electrons. The van der Waals surface area contributed by atoms with Gasteiger partial charge in [0.25, 0.3) is 0 Å². The number of aryl methyl sites for hydroxylation is 1. The van der Waals surface area contributed by atoms with Crippen LogP contribution in [0.5, 0.6) is 0 Å². The summed E-state index contributed by atoms with van der Waals surface area (Å²) in [5.74, 6) is -0.410. The van der Waals surface area contributed by atoms with Gasteiger partial charge in [0, 0.05) is 23.6 Å². The van der Waals surface area contributed by atoms with E-state index in [4.69, 9.17) is 15.0 Å². The molecule has 1 unspecified atom stereocenters. The SMILES string of the molecule is Cc1cccc(-c2c(F)cccc2[C@H](OCCN=[N+]=[N-])C2CN(C(=O)O)CCO2)c1. The molecule has 9 heteroatoms. The molecular formula is C21H23FN4O4. The summed E-state index contributed by atoms with van der Waals surface area (Å²) in [6.45, 7) is 2.66. The van der Waals surface area contributed by atoms with Crippen LogP contribution in [0.1, 0.15) is 17.2 Å². The monoisotopic (exact) mass is 414 g/mol. The molecule has 0 aliphatic carbocycles. The van der Waals surface area contributed by atoms with Gasteiger partial charge in [0.2, 0.25) is 0 Å². The highest BCUT2D eigenvalue weighted by Gasteiger charge is 2.34. The number of nitrogens with zero attached hydrogens (tertiary/aromatic N) is 4. The molecule has 1 aliphatic heterocycles. The van der Waals surface area contributed by atoms with E-state index in [1.165, 1.54) is 11.0 Å². The number of hydrogen-bond donors (Lipinski definition) is 1. The Kier molecular flexibility index (Phi) is 7.24. The van der Waals surface area contributed by atoms with E-state index in [1.54, 1.807) is 12.1 Å². The third-order valence-corrected chi connectivity index (χ3v) is 4.91. The summed E-state index contributed by atoms with van der Waals surface area (Å²) in [5, 5.41) is 12.8. The summed E-state index contributed by atoms with van der Waals surface area (Å²) in [6.07, 6.45) is -2.42. The Labute approximate surface area is 173 Å². The fraction of sp³-hybridized carbons (Fsp3) is 0.381. The fourth-order valence-corrected chi connectivity index (χ4v) is 3.58. The van der Waals surface area contributed by atoms with E-state index >= 15 is 0 Å². The van der Waals surface area contributed by atoms with Gasteiger partial charge in [-0.25, -0.2) is 9.18 Å².